The van der Waals surface area contributed by atoms with E-state index < -0.39 is 5.97 Å². The van der Waals surface area contributed by atoms with Crippen molar-refractivity contribution in [2.75, 3.05) is 26.6 Å². The number of aromatic carboxylic acids is 1. The highest BCUT2D eigenvalue weighted by Crippen LogP contribution is 2.43. The molecule has 10 nitrogen and oxygen atoms in total. The summed E-state index contributed by atoms with van der Waals surface area (Å²) in [5.74, 6) is 0.780. The monoisotopic (exact) mass is 433 g/mol. The Morgan fingerprint density at radius 2 is 1.88 bits per heavy atom. The molecule has 32 heavy (non-hydrogen) atoms. The molecule has 0 spiro atoms. The Hall–Kier alpha value is -4.65. The molecule has 0 radical (unpaired) electrons. The van der Waals surface area contributed by atoms with Crippen LogP contribution < -0.4 is 19.5 Å². The zero-order valence-corrected chi connectivity index (χ0v) is 17.5. The number of fused-ring (bicyclic) bond motifs is 1. The van der Waals surface area contributed by atoms with Gasteiger partial charge in [0.2, 0.25) is 5.75 Å². The molecular formula is C22H19N5O5. The Bertz CT molecular complexity index is 1340. The van der Waals surface area contributed by atoms with Crippen molar-refractivity contribution in [3.8, 4) is 34.6 Å². The molecule has 2 aromatic carbocycles. The summed E-state index contributed by atoms with van der Waals surface area (Å²) in [6.07, 6.45) is 1.54. The van der Waals surface area contributed by atoms with E-state index in [0.717, 1.165) is 0 Å². The highest BCUT2D eigenvalue weighted by molar-refractivity contribution is 5.90. The molecule has 2 heterocycles. The van der Waals surface area contributed by atoms with E-state index in [1.165, 1.54) is 33.5 Å². The van der Waals surface area contributed by atoms with Gasteiger partial charge in [0, 0.05) is 17.4 Å². The van der Waals surface area contributed by atoms with Crippen LogP contribution in [0.4, 0.5) is 11.5 Å². The molecule has 4 rings (SSSR count). The highest BCUT2D eigenvalue weighted by atomic mass is 16.5. The number of nitrogens with zero attached hydrogens (tertiary/aromatic N) is 3. The van der Waals surface area contributed by atoms with Crippen molar-refractivity contribution in [1.82, 2.24) is 14.6 Å². The van der Waals surface area contributed by atoms with Crippen LogP contribution >= 0.6 is 0 Å². The van der Waals surface area contributed by atoms with E-state index in [-0.39, 0.29) is 5.56 Å². The standard InChI is InChI=1S/C22H19N5O5/c1-30-16-8-13(9-17(31-2)19(16)32-3)18-21(27-20(26-18)14(10-23)11-24-27)25-15-6-4-5-12(7-15)22(28)29/h4-9,11,24-25H,1-3H3,(H,28,29). The SMILES string of the molecule is COc1cc(-c2nc3c(C#N)c[nH]n3c2Nc2cccc(C(=O)O)c2)cc(OC)c1OC. The molecule has 162 valence electrons. The number of imidazole rings is 1. The quantitative estimate of drug-likeness (QED) is 0.402. The van der Waals surface area contributed by atoms with Gasteiger partial charge in [-0.15, -0.1) is 0 Å². The van der Waals surface area contributed by atoms with E-state index in [2.05, 4.69) is 21.5 Å². The third-order valence-corrected chi connectivity index (χ3v) is 4.89. The second-order valence-electron chi connectivity index (χ2n) is 6.69. The molecule has 3 N–H and O–H groups in total. The van der Waals surface area contributed by atoms with Crippen LogP contribution in [0.2, 0.25) is 0 Å². The topological polar surface area (TPSA) is 134 Å². The molecule has 0 atom stereocenters. The van der Waals surface area contributed by atoms with Gasteiger partial charge >= 0.3 is 5.97 Å². The number of hydrogen-bond acceptors (Lipinski definition) is 7. The minimum atomic E-state index is -1.04. The predicted octanol–water partition coefficient (Wildman–Crippen LogP) is 3.67. The largest absolute Gasteiger partial charge is 0.493 e. The summed E-state index contributed by atoms with van der Waals surface area (Å²) >= 11 is 0. The van der Waals surface area contributed by atoms with E-state index >= 15 is 0 Å². The van der Waals surface area contributed by atoms with Gasteiger partial charge in [0.25, 0.3) is 0 Å². The molecule has 10 heteroatoms. The van der Waals surface area contributed by atoms with Crippen molar-refractivity contribution in [3.05, 3.63) is 53.7 Å². The molecule has 0 aliphatic carbocycles. The number of anilines is 2. The van der Waals surface area contributed by atoms with Crippen LogP contribution in [0.15, 0.2) is 42.6 Å². The molecule has 0 bridgehead atoms. The van der Waals surface area contributed by atoms with Gasteiger partial charge in [0.05, 0.1) is 26.9 Å². The summed E-state index contributed by atoms with van der Waals surface area (Å²) in [4.78, 5) is 16.0. The maximum Gasteiger partial charge on any atom is 0.335 e. The minimum Gasteiger partial charge on any atom is -0.493 e. The Labute approximate surface area is 182 Å². The second-order valence-corrected chi connectivity index (χ2v) is 6.69. The fourth-order valence-electron chi connectivity index (χ4n) is 3.40. The predicted molar refractivity (Wildman–Crippen MR) is 116 cm³/mol. The van der Waals surface area contributed by atoms with Crippen LogP contribution in [0.5, 0.6) is 17.2 Å². The van der Waals surface area contributed by atoms with Crippen LogP contribution in [-0.2, 0) is 0 Å². The van der Waals surface area contributed by atoms with E-state index in [1.807, 2.05) is 0 Å². The lowest BCUT2D eigenvalue weighted by Gasteiger charge is -2.14. The molecule has 0 saturated heterocycles. The van der Waals surface area contributed by atoms with Gasteiger partial charge in [-0.3, -0.25) is 5.10 Å². The van der Waals surface area contributed by atoms with Crippen LogP contribution in [0.3, 0.4) is 0 Å². The number of aromatic amines is 1. The number of aromatic nitrogens is 3. The van der Waals surface area contributed by atoms with Crippen molar-refractivity contribution >= 4 is 23.1 Å². The number of nitriles is 1. The van der Waals surface area contributed by atoms with Gasteiger partial charge in [-0.05, 0) is 30.3 Å². The van der Waals surface area contributed by atoms with Crippen LogP contribution in [0, 0.1) is 11.3 Å². The van der Waals surface area contributed by atoms with Crippen LogP contribution in [-0.4, -0.2) is 47.0 Å². The van der Waals surface area contributed by atoms with Crippen molar-refractivity contribution in [3.63, 3.8) is 0 Å². The van der Waals surface area contributed by atoms with Gasteiger partial charge in [0.1, 0.15) is 17.3 Å². The smallest absolute Gasteiger partial charge is 0.335 e. The number of rotatable bonds is 7. The lowest BCUT2D eigenvalue weighted by atomic mass is 10.1. The molecule has 4 aromatic rings. The Morgan fingerprint density at radius 1 is 1.16 bits per heavy atom. The number of nitrogens with one attached hydrogen (secondary N) is 2. The zero-order valence-electron chi connectivity index (χ0n) is 17.5. The number of benzene rings is 2. The van der Waals surface area contributed by atoms with Gasteiger partial charge in [0.15, 0.2) is 23.0 Å². The molecule has 2 aromatic heterocycles. The number of carboxylic acid groups (broad SMARTS) is 1. The summed E-state index contributed by atoms with van der Waals surface area (Å²) in [7, 11) is 4.55. The van der Waals surface area contributed by atoms with Crippen LogP contribution in [0.25, 0.3) is 16.9 Å². The number of ether oxygens (including phenoxy) is 3. The fraction of sp³-hybridized carbons (Fsp3) is 0.136. The van der Waals surface area contributed by atoms with Gasteiger partial charge in [-0.1, -0.05) is 6.07 Å². The molecule has 0 fully saturated rings. The highest BCUT2D eigenvalue weighted by Gasteiger charge is 2.22. The van der Waals surface area contributed by atoms with Crippen molar-refractivity contribution in [1.29, 1.82) is 5.26 Å². The summed E-state index contributed by atoms with van der Waals surface area (Å²) < 4.78 is 17.9. The average Bonchev–Trinajstić information content (AvgIpc) is 3.37. The average molecular weight is 433 g/mol. The summed E-state index contributed by atoms with van der Waals surface area (Å²) in [5, 5.41) is 25.0. The molecule has 0 amide bonds. The third-order valence-electron chi connectivity index (χ3n) is 4.89. The van der Waals surface area contributed by atoms with E-state index in [1.54, 1.807) is 35.0 Å². The molecule has 0 saturated carbocycles. The van der Waals surface area contributed by atoms with Crippen molar-refractivity contribution in [2.45, 2.75) is 0 Å². The maximum atomic E-state index is 11.4. The summed E-state index contributed by atoms with van der Waals surface area (Å²) in [6.45, 7) is 0. The third kappa shape index (κ3) is 3.41. The summed E-state index contributed by atoms with van der Waals surface area (Å²) in [6, 6.07) is 12.0. The molecule has 0 aliphatic heterocycles. The van der Waals surface area contributed by atoms with Gasteiger partial charge in [-0.25, -0.2) is 14.3 Å². The normalized spacial score (nSPS) is 10.6. The first-order valence-electron chi connectivity index (χ1n) is 9.41. The fourth-order valence-corrected chi connectivity index (χ4v) is 3.40. The number of H-pyrrole nitrogens is 1. The van der Waals surface area contributed by atoms with E-state index in [4.69, 9.17) is 14.2 Å². The second kappa shape index (κ2) is 8.23. The van der Waals surface area contributed by atoms with Gasteiger partial charge < -0.3 is 24.6 Å². The summed E-state index contributed by atoms with van der Waals surface area (Å²) in [5.41, 5.74) is 2.56. The van der Waals surface area contributed by atoms with E-state index in [9.17, 15) is 15.2 Å². The molecular weight excluding hydrogens is 414 g/mol. The zero-order chi connectivity index (χ0) is 22.8. The van der Waals surface area contributed by atoms with Crippen molar-refractivity contribution in [2.24, 2.45) is 0 Å². The minimum absolute atomic E-state index is 0.134. The maximum absolute atomic E-state index is 11.4. The lowest BCUT2D eigenvalue weighted by molar-refractivity contribution is 0.0697. The van der Waals surface area contributed by atoms with Gasteiger partial charge in [-0.2, -0.15) is 5.26 Å². The first-order valence-corrected chi connectivity index (χ1v) is 9.41. The number of hydrogen-bond donors (Lipinski definition) is 3. The molecule has 0 unspecified atom stereocenters. The Balaban J connectivity index is 1.93. The van der Waals surface area contributed by atoms with Crippen molar-refractivity contribution < 1.29 is 24.1 Å². The first-order chi connectivity index (χ1) is 15.5. The lowest BCUT2D eigenvalue weighted by Crippen LogP contribution is -2.01. The Kier molecular flexibility index (Phi) is 5.30. The number of carbonyl (C=O) groups is 1. The first kappa shape index (κ1) is 20.6. The molecule has 0 aliphatic rings. The Morgan fingerprint density at radius 3 is 2.47 bits per heavy atom. The number of methoxy groups -OCH3 is 3. The van der Waals surface area contributed by atoms with E-state index in [0.29, 0.717) is 51.2 Å². The number of carboxylic acids is 1. The van der Waals surface area contributed by atoms with Crippen LogP contribution in [0.1, 0.15) is 15.9 Å².